The van der Waals surface area contributed by atoms with Crippen molar-refractivity contribution >= 4 is 22.6 Å². The number of hydrogen-bond acceptors (Lipinski definition) is 5. The summed E-state index contributed by atoms with van der Waals surface area (Å²) < 4.78 is 44.8. The van der Waals surface area contributed by atoms with Crippen molar-refractivity contribution in [3.63, 3.8) is 0 Å². The first-order valence-electron chi connectivity index (χ1n) is 12.2. The zero-order valence-corrected chi connectivity index (χ0v) is 20.6. The molecule has 0 radical (unpaired) electrons. The Bertz CT molecular complexity index is 1590. The van der Waals surface area contributed by atoms with E-state index >= 15 is 0 Å². The second-order valence-corrected chi connectivity index (χ2v) is 9.08. The average Bonchev–Trinajstić information content (AvgIpc) is 2.94. The number of H-pyrrole nitrogens is 1. The van der Waals surface area contributed by atoms with E-state index in [9.17, 15) is 27.6 Å². The summed E-state index contributed by atoms with van der Waals surface area (Å²) in [5, 5.41) is 7.35. The van der Waals surface area contributed by atoms with Gasteiger partial charge >= 0.3 is 6.18 Å². The largest absolute Gasteiger partial charge is 0.437 e. The number of carbonyl (C=O) groups is 2. The molecule has 0 saturated carbocycles. The first kappa shape index (κ1) is 26.0. The Labute approximate surface area is 220 Å². The number of nitrogens with zero attached hydrogens (tertiary/aromatic N) is 3. The van der Waals surface area contributed by atoms with Gasteiger partial charge in [-0.25, -0.2) is 5.10 Å². The average molecular weight is 537 g/mol. The van der Waals surface area contributed by atoms with E-state index < -0.39 is 11.7 Å². The maximum Gasteiger partial charge on any atom is 0.416 e. The van der Waals surface area contributed by atoms with Crippen LogP contribution in [0.15, 0.2) is 77.6 Å². The molecule has 11 heteroatoms. The molecule has 0 atom stereocenters. The molecule has 5 rings (SSSR count). The Morgan fingerprint density at radius 3 is 2.31 bits per heavy atom. The molecular formula is C28H23F3N4O4. The van der Waals surface area contributed by atoms with E-state index in [1.807, 2.05) is 0 Å². The minimum atomic E-state index is -4.47. The molecule has 200 valence electrons. The fraction of sp³-hybridized carbons (Fsp3) is 0.214. The van der Waals surface area contributed by atoms with Crippen LogP contribution in [0.25, 0.3) is 10.8 Å². The van der Waals surface area contributed by atoms with Crippen LogP contribution in [-0.2, 0) is 17.4 Å². The summed E-state index contributed by atoms with van der Waals surface area (Å²) in [4.78, 5) is 41.0. The highest BCUT2D eigenvalue weighted by molar-refractivity contribution is 5.95. The summed E-state index contributed by atoms with van der Waals surface area (Å²) in [5.74, 6) is 0.0188. The highest BCUT2D eigenvalue weighted by atomic mass is 19.4. The maximum absolute atomic E-state index is 13.2. The number of nitrogens with one attached hydrogen (secondary N) is 1. The summed E-state index contributed by atoms with van der Waals surface area (Å²) in [6.07, 6.45) is -4.62. The van der Waals surface area contributed by atoms with Crippen molar-refractivity contribution in [2.75, 3.05) is 26.2 Å². The number of aromatic nitrogens is 2. The quantitative estimate of drug-likeness (QED) is 0.411. The van der Waals surface area contributed by atoms with Gasteiger partial charge in [0.05, 0.1) is 22.8 Å². The van der Waals surface area contributed by atoms with Gasteiger partial charge in [-0.3, -0.25) is 14.4 Å². The highest BCUT2D eigenvalue weighted by Gasteiger charge is 2.31. The lowest BCUT2D eigenvalue weighted by molar-refractivity contribution is -0.138. The fourth-order valence-corrected chi connectivity index (χ4v) is 4.46. The molecule has 2 amide bonds. The Kier molecular flexibility index (Phi) is 7.05. The third-order valence-corrected chi connectivity index (χ3v) is 6.49. The van der Waals surface area contributed by atoms with Gasteiger partial charge in [0.1, 0.15) is 5.75 Å². The van der Waals surface area contributed by atoms with Gasteiger partial charge in [-0.2, -0.15) is 13.2 Å². The Morgan fingerprint density at radius 1 is 0.872 bits per heavy atom. The van der Waals surface area contributed by atoms with Crippen molar-refractivity contribution in [3.05, 3.63) is 99.8 Å². The van der Waals surface area contributed by atoms with Crippen LogP contribution in [0, 0.1) is 0 Å². The van der Waals surface area contributed by atoms with E-state index in [0.29, 0.717) is 22.1 Å². The van der Waals surface area contributed by atoms with Gasteiger partial charge in [0.2, 0.25) is 11.8 Å². The van der Waals surface area contributed by atoms with Gasteiger partial charge < -0.3 is 14.5 Å². The number of benzene rings is 3. The van der Waals surface area contributed by atoms with Crippen LogP contribution in [0.5, 0.6) is 11.6 Å². The third kappa shape index (κ3) is 5.77. The van der Waals surface area contributed by atoms with E-state index in [0.717, 1.165) is 12.1 Å². The van der Waals surface area contributed by atoms with Gasteiger partial charge in [0, 0.05) is 31.7 Å². The summed E-state index contributed by atoms with van der Waals surface area (Å²) in [6.45, 7) is 1.11. The molecule has 2 heterocycles. The molecule has 0 unspecified atom stereocenters. The number of amides is 2. The van der Waals surface area contributed by atoms with E-state index in [1.54, 1.807) is 58.3 Å². The number of rotatable bonds is 5. The standard InChI is InChI=1S/C28H23F3N4O4/c29-28(30,31)20-7-3-5-18(15-20)16-24(36)34-11-13-35(14-12-34)27(38)19-6-4-8-21(17-19)39-26-23-10-2-1-9-22(23)25(37)32-33-26/h1-10,15,17H,11-14,16H2,(H,32,37). The van der Waals surface area contributed by atoms with Gasteiger partial charge in [-0.15, -0.1) is 5.10 Å². The third-order valence-electron chi connectivity index (χ3n) is 6.49. The number of aromatic amines is 1. The number of fused-ring (bicyclic) bond motifs is 1. The Morgan fingerprint density at radius 2 is 1.56 bits per heavy atom. The molecule has 1 aromatic heterocycles. The van der Waals surface area contributed by atoms with Crippen LogP contribution in [0.2, 0.25) is 0 Å². The molecular weight excluding hydrogens is 513 g/mol. The molecule has 1 fully saturated rings. The van der Waals surface area contributed by atoms with E-state index in [4.69, 9.17) is 4.74 Å². The number of hydrogen-bond donors (Lipinski definition) is 1. The van der Waals surface area contributed by atoms with Crippen LogP contribution in [0.1, 0.15) is 21.5 Å². The number of halogens is 3. The van der Waals surface area contributed by atoms with Crippen LogP contribution in [-0.4, -0.2) is 58.0 Å². The van der Waals surface area contributed by atoms with E-state index in [1.165, 1.54) is 12.1 Å². The molecule has 39 heavy (non-hydrogen) atoms. The Hall–Kier alpha value is -4.67. The maximum atomic E-state index is 13.2. The van der Waals surface area contributed by atoms with Gasteiger partial charge in [-0.05, 0) is 42.0 Å². The van der Waals surface area contributed by atoms with Crippen molar-refractivity contribution in [3.8, 4) is 11.6 Å². The van der Waals surface area contributed by atoms with Crippen LogP contribution in [0.4, 0.5) is 13.2 Å². The molecule has 0 spiro atoms. The van der Waals surface area contributed by atoms with Crippen LogP contribution in [0.3, 0.4) is 0 Å². The molecule has 3 aromatic carbocycles. The molecule has 1 saturated heterocycles. The Balaban J connectivity index is 1.21. The lowest BCUT2D eigenvalue weighted by Gasteiger charge is -2.35. The zero-order valence-electron chi connectivity index (χ0n) is 20.6. The minimum absolute atomic E-state index is 0.148. The molecule has 8 nitrogen and oxygen atoms in total. The summed E-state index contributed by atoms with van der Waals surface area (Å²) in [5.41, 5.74) is -0.465. The normalized spacial score (nSPS) is 13.9. The van der Waals surface area contributed by atoms with Gasteiger partial charge in [0.15, 0.2) is 0 Å². The zero-order chi connectivity index (χ0) is 27.6. The lowest BCUT2D eigenvalue weighted by Crippen LogP contribution is -2.51. The first-order chi connectivity index (χ1) is 18.7. The number of carbonyl (C=O) groups excluding carboxylic acids is 2. The van der Waals surface area contributed by atoms with Gasteiger partial charge in [-0.1, -0.05) is 36.4 Å². The number of piperazine rings is 1. The number of ether oxygens (including phenoxy) is 1. The first-order valence-corrected chi connectivity index (χ1v) is 12.2. The molecule has 4 aromatic rings. The molecule has 1 N–H and O–H groups in total. The summed E-state index contributed by atoms with van der Waals surface area (Å²) in [6, 6.07) is 18.2. The van der Waals surface area contributed by atoms with Crippen molar-refractivity contribution < 1.29 is 27.5 Å². The van der Waals surface area contributed by atoms with E-state index in [2.05, 4.69) is 10.2 Å². The van der Waals surface area contributed by atoms with Gasteiger partial charge in [0.25, 0.3) is 11.5 Å². The van der Waals surface area contributed by atoms with Crippen molar-refractivity contribution in [2.24, 2.45) is 0 Å². The summed E-state index contributed by atoms with van der Waals surface area (Å²) in [7, 11) is 0. The fourth-order valence-electron chi connectivity index (χ4n) is 4.46. The lowest BCUT2D eigenvalue weighted by atomic mass is 10.1. The SMILES string of the molecule is O=C(Cc1cccc(C(F)(F)F)c1)N1CCN(C(=O)c2cccc(Oc3n[nH]c(=O)c4ccccc34)c2)CC1. The van der Waals surface area contributed by atoms with E-state index in [-0.39, 0.29) is 61.4 Å². The molecule has 1 aliphatic heterocycles. The second kappa shape index (κ2) is 10.6. The minimum Gasteiger partial charge on any atom is -0.437 e. The topological polar surface area (TPSA) is 95.6 Å². The molecule has 1 aliphatic rings. The summed E-state index contributed by atoms with van der Waals surface area (Å²) >= 11 is 0. The number of alkyl halides is 3. The molecule has 0 bridgehead atoms. The smallest absolute Gasteiger partial charge is 0.416 e. The monoisotopic (exact) mass is 536 g/mol. The predicted molar refractivity (Wildman–Crippen MR) is 137 cm³/mol. The van der Waals surface area contributed by atoms with Crippen molar-refractivity contribution in [2.45, 2.75) is 12.6 Å². The van der Waals surface area contributed by atoms with Crippen LogP contribution < -0.4 is 10.3 Å². The van der Waals surface area contributed by atoms with Crippen LogP contribution >= 0.6 is 0 Å². The molecule has 0 aliphatic carbocycles. The second-order valence-electron chi connectivity index (χ2n) is 9.08. The predicted octanol–water partition coefficient (Wildman–Crippen LogP) is 4.26. The van der Waals surface area contributed by atoms with Crippen molar-refractivity contribution in [1.82, 2.24) is 20.0 Å². The highest BCUT2D eigenvalue weighted by Crippen LogP contribution is 2.30. The van der Waals surface area contributed by atoms with Crippen molar-refractivity contribution in [1.29, 1.82) is 0 Å².